The van der Waals surface area contributed by atoms with Crippen molar-refractivity contribution in [1.29, 1.82) is 0 Å². The van der Waals surface area contributed by atoms with Gasteiger partial charge in [-0.15, -0.1) is 0 Å². The lowest BCUT2D eigenvalue weighted by molar-refractivity contribution is 0.414. The molecule has 0 N–H and O–H groups in total. The SMILES string of the molecule is COc1cccc(C2=CC=C(c3cccc(OC)c3)S2=O)c1. The quantitative estimate of drug-likeness (QED) is 0.860. The van der Waals surface area contributed by atoms with Crippen molar-refractivity contribution in [2.45, 2.75) is 0 Å². The van der Waals surface area contributed by atoms with Crippen LogP contribution in [0.5, 0.6) is 11.5 Å². The smallest absolute Gasteiger partial charge is 0.119 e. The van der Waals surface area contributed by atoms with E-state index >= 15 is 0 Å². The molecule has 0 unspecified atom stereocenters. The number of rotatable bonds is 4. The van der Waals surface area contributed by atoms with Crippen LogP contribution in [0.2, 0.25) is 0 Å². The molecule has 112 valence electrons. The second-order valence-corrected chi connectivity index (χ2v) is 6.21. The van der Waals surface area contributed by atoms with Crippen LogP contribution in [0.4, 0.5) is 0 Å². The van der Waals surface area contributed by atoms with Gasteiger partial charge in [0.15, 0.2) is 0 Å². The fourth-order valence-corrected chi connectivity index (χ4v) is 3.65. The summed E-state index contributed by atoms with van der Waals surface area (Å²) in [6.07, 6.45) is 3.80. The second-order valence-electron chi connectivity index (χ2n) is 4.79. The van der Waals surface area contributed by atoms with Crippen LogP contribution in [0.1, 0.15) is 11.1 Å². The van der Waals surface area contributed by atoms with Crippen LogP contribution in [-0.4, -0.2) is 18.4 Å². The predicted molar refractivity (Wildman–Crippen MR) is 90.1 cm³/mol. The molecule has 0 radical (unpaired) electrons. The maximum absolute atomic E-state index is 12.8. The van der Waals surface area contributed by atoms with Crippen LogP contribution < -0.4 is 9.47 Å². The number of methoxy groups -OCH3 is 2. The third-order valence-electron chi connectivity index (χ3n) is 3.49. The van der Waals surface area contributed by atoms with Crippen molar-refractivity contribution in [2.24, 2.45) is 0 Å². The standard InChI is InChI=1S/C18H16O3S/c1-20-15-7-3-5-13(11-15)17-9-10-18(22(17)19)14-6-4-8-16(12-14)21-2/h3-12H,1-2H3. The molecular formula is C18H16O3S. The topological polar surface area (TPSA) is 35.5 Å². The second kappa shape index (κ2) is 6.20. The summed E-state index contributed by atoms with van der Waals surface area (Å²) in [5, 5.41) is 0. The summed E-state index contributed by atoms with van der Waals surface area (Å²) in [4.78, 5) is 1.58. The third kappa shape index (κ3) is 2.70. The lowest BCUT2D eigenvalue weighted by Gasteiger charge is -2.08. The van der Waals surface area contributed by atoms with Gasteiger partial charge in [0.2, 0.25) is 0 Å². The minimum Gasteiger partial charge on any atom is -0.497 e. The molecule has 0 fully saturated rings. The molecule has 0 saturated carbocycles. The lowest BCUT2D eigenvalue weighted by Crippen LogP contribution is -1.95. The van der Waals surface area contributed by atoms with Gasteiger partial charge in [0.05, 0.1) is 34.8 Å². The zero-order valence-corrected chi connectivity index (χ0v) is 13.2. The Morgan fingerprint density at radius 3 is 1.64 bits per heavy atom. The molecule has 0 spiro atoms. The molecule has 22 heavy (non-hydrogen) atoms. The first-order valence-corrected chi connectivity index (χ1v) is 8.00. The van der Waals surface area contributed by atoms with E-state index < -0.39 is 10.8 Å². The Hall–Kier alpha value is -2.33. The fourth-order valence-electron chi connectivity index (χ4n) is 2.35. The minimum absolute atomic E-state index is 0.755. The first kappa shape index (κ1) is 14.6. The molecule has 0 saturated heterocycles. The Bertz CT molecular complexity index is 725. The number of allylic oxidation sites excluding steroid dienone is 2. The van der Waals surface area contributed by atoms with Crippen LogP contribution >= 0.6 is 0 Å². The average Bonchev–Trinajstić information content (AvgIpc) is 2.96. The highest BCUT2D eigenvalue weighted by Crippen LogP contribution is 2.36. The average molecular weight is 312 g/mol. The van der Waals surface area contributed by atoms with E-state index in [-0.39, 0.29) is 0 Å². The third-order valence-corrected chi connectivity index (χ3v) is 5.04. The van der Waals surface area contributed by atoms with Crippen molar-refractivity contribution in [3.05, 3.63) is 71.8 Å². The number of hydrogen-bond donors (Lipinski definition) is 0. The first-order valence-electron chi connectivity index (χ1n) is 6.85. The molecule has 1 aliphatic rings. The van der Waals surface area contributed by atoms with Gasteiger partial charge < -0.3 is 9.47 Å². The highest BCUT2D eigenvalue weighted by atomic mass is 32.2. The van der Waals surface area contributed by atoms with Crippen LogP contribution in [-0.2, 0) is 10.8 Å². The van der Waals surface area contributed by atoms with E-state index in [1.807, 2.05) is 60.7 Å². The van der Waals surface area contributed by atoms with Crippen molar-refractivity contribution < 1.29 is 13.7 Å². The van der Waals surface area contributed by atoms with E-state index in [0.29, 0.717) is 0 Å². The Balaban J connectivity index is 1.90. The van der Waals surface area contributed by atoms with E-state index in [9.17, 15) is 4.21 Å². The highest BCUT2D eigenvalue weighted by Gasteiger charge is 2.21. The molecular weight excluding hydrogens is 296 g/mol. The molecule has 0 atom stereocenters. The molecule has 0 bridgehead atoms. The van der Waals surface area contributed by atoms with Crippen LogP contribution in [0, 0.1) is 0 Å². The van der Waals surface area contributed by atoms with Gasteiger partial charge >= 0.3 is 0 Å². The van der Waals surface area contributed by atoms with Crippen molar-refractivity contribution in [1.82, 2.24) is 0 Å². The van der Waals surface area contributed by atoms with Gasteiger partial charge in [-0.3, -0.25) is 0 Å². The number of ether oxygens (including phenoxy) is 2. The van der Waals surface area contributed by atoms with Crippen molar-refractivity contribution in [2.75, 3.05) is 14.2 Å². The zero-order chi connectivity index (χ0) is 15.5. The fraction of sp³-hybridized carbons (Fsp3) is 0.111. The van der Waals surface area contributed by atoms with Gasteiger partial charge in [0.1, 0.15) is 11.5 Å². The maximum Gasteiger partial charge on any atom is 0.119 e. The molecule has 0 aromatic heterocycles. The Labute approximate surface area is 132 Å². The largest absolute Gasteiger partial charge is 0.497 e. The highest BCUT2D eigenvalue weighted by molar-refractivity contribution is 8.03. The van der Waals surface area contributed by atoms with E-state index in [1.54, 1.807) is 14.2 Å². The van der Waals surface area contributed by atoms with E-state index in [0.717, 1.165) is 32.4 Å². The van der Waals surface area contributed by atoms with Crippen LogP contribution in [0.15, 0.2) is 60.7 Å². The monoisotopic (exact) mass is 312 g/mol. The Morgan fingerprint density at radius 1 is 0.773 bits per heavy atom. The van der Waals surface area contributed by atoms with Gasteiger partial charge in [-0.25, -0.2) is 4.21 Å². The van der Waals surface area contributed by atoms with Gasteiger partial charge in [0, 0.05) is 0 Å². The summed E-state index contributed by atoms with van der Waals surface area (Å²) < 4.78 is 23.3. The van der Waals surface area contributed by atoms with Crippen LogP contribution in [0.3, 0.4) is 0 Å². The minimum atomic E-state index is -1.21. The van der Waals surface area contributed by atoms with E-state index in [4.69, 9.17) is 9.47 Å². The van der Waals surface area contributed by atoms with Crippen molar-refractivity contribution in [3.63, 3.8) is 0 Å². The molecule has 1 heterocycles. The molecule has 0 amide bonds. The summed E-state index contributed by atoms with van der Waals surface area (Å²) in [6, 6.07) is 15.2. The molecule has 2 aromatic rings. The molecule has 3 nitrogen and oxygen atoms in total. The number of hydrogen-bond acceptors (Lipinski definition) is 3. The Kier molecular flexibility index (Phi) is 4.11. The summed E-state index contributed by atoms with van der Waals surface area (Å²) in [5.41, 5.74) is 1.82. The van der Waals surface area contributed by atoms with Crippen molar-refractivity contribution in [3.8, 4) is 11.5 Å². The lowest BCUT2D eigenvalue weighted by atomic mass is 10.1. The van der Waals surface area contributed by atoms with Gasteiger partial charge in [-0.1, -0.05) is 24.3 Å². The maximum atomic E-state index is 12.8. The first-order chi connectivity index (χ1) is 10.7. The molecule has 2 aromatic carbocycles. The van der Waals surface area contributed by atoms with Gasteiger partial charge in [-0.05, 0) is 47.5 Å². The van der Waals surface area contributed by atoms with Crippen molar-refractivity contribution >= 4 is 20.6 Å². The Morgan fingerprint density at radius 2 is 1.23 bits per heavy atom. The van der Waals surface area contributed by atoms with Crippen LogP contribution in [0.25, 0.3) is 9.81 Å². The molecule has 3 rings (SSSR count). The normalized spacial score (nSPS) is 14.5. The van der Waals surface area contributed by atoms with E-state index in [1.165, 1.54) is 0 Å². The summed E-state index contributed by atoms with van der Waals surface area (Å²) in [5.74, 6) is 1.51. The van der Waals surface area contributed by atoms with Gasteiger partial charge in [0.25, 0.3) is 0 Å². The number of benzene rings is 2. The molecule has 1 aliphatic heterocycles. The van der Waals surface area contributed by atoms with E-state index in [2.05, 4.69) is 0 Å². The predicted octanol–water partition coefficient (Wildman–Crippen LogP) is 3.85. The summed E-state index contributed by atoms with van der Waals surface area (Å²) in [7, 11) is 2.04. The molecule has 0 aliphatic carbocycles. The summed E-state index contributed by atoms with van der Waals surface area (Å²) >= 11 is 0. The molecule has 4 heteroatoms. The zero-order valence-electron chi connectivity index (χ0n) is 12.4. The summed E-state index contributed by atoms with van der Waals surface area (Å²) in [6.45, 7) is 0. The van der Waals surface area contributed by atoms with Gasteiger partial charge in [-0.2, -0.15) is 0 Å².